The maximum atomic E-state index is 5.76. The predicted molar refractivity (Wildman–Crippen MR) is 103 cm³/mol. The van der Waals surface area contributed by atoms with E-state index >= 15 is 0 Å². The van der Waals surface area contributed by atoms with Crippen LogP contribution in [0, 0.1) is 5.92 Å². The summed E-state index contributed by atoms with van der Waals surface area (Å²) in [4.78, 5) is 0. The van der Waals surface area contributed by atoms with Crippen molar-refractivity contribution in [3.05, 3.63) is 65.7 Å². The van der Waals surface area contributed by atoms with E-state index in [-0.39, 0.29) is 0 Å². The average molecular weight is 325 g/mol. The fraction of sp³-hybridized carbons (Fsp3) is 0.455. The maximum absolute atomic E-state index is 5.76. The van der Waals surface area contributed by atoms with E-state index < -0.39 is 0 Å². The molecule has 0 heterocycles. The molecule has 0 aliphatic heterocycles. The van der Waals surface area contributed by atoms with Crippen LogP contribution in [0.2, 0.25) is 0 Å². The van der Waals surface area contributed by atoms with Gasteiger partial charge in [0.2, 0.25) is 0 Å². The van der Waals surface area contributed by atoms with Gasteiger partial charge in [0.25, 0.3) is 0 Å². The minimum atomic E-state index is 0.417. The molecule has 24 heavy (non-hydrogen) atoms. The standard InChI is InChI=1S/C22H31NO/c1-4-22(23-16-8-11-19-9-6-5-7-10-19)20-12-14-21(15-13-20)24-17-18(2)3/h5-7,9-10,12-15,18,22-23H,4,8,11,16-17H2,1-3H3. The summed E-state index contributed by atoms with van der Waals surface area (Å²) in [5.41, 5.74) is 2.76. The molecule has 0 bridgehead atoms. The predicted octanol–water partition coefficient (Wildman–Crippen LogP) is 5.39. The smallest absolute Gasteiger partial charge is 0.119 e. The normalized spacial score (nSPS) is 12.3. The van der Waals surface area contributed by atoms with Crippen LogP contribution in [0.15, 0.2) is 54.6 Å². The zero-order valence-electron chi connectivity index (χ0n) is 15.3. The van der Waals surface area contributed by atoms with Crippen molar-refractivity contribution in [2.45, 2.75) is 46.1 Å². The van der Waals surface area contributed by atoms with E-state index in [4.69, 9.17) is 4.74 Å². The van der Waals surface area contributed by atoms with Gasteiger partial charge in [0.05, 0.1) is 6.61 Å². The van der Waals surface area contributed by atoms with Gasteiger partial charge >= 0.3 is 0 Å². The number of rotatable bonds is 10. The highest BCUT2D eigenvalue weighted by Gasteiger charge is 2.08. The number of benzene rings is 2. The molecule has 2 aromatic carbocycles. The lowest BCUT2D eigenvalue weighted by molar-refractivity contribution is 0.271. The lowest BCUT2D eigenvalue weighted by Gasteiger charge is -2.18. The molecule has 0 amide bonds. The van der Waals surface area contributed by atoms with E-state index in [1.54, 1.807) is 0 Å². The van der Waals surface area contributed by atoms with Crippen LogP contribution in [0.5, 0.6) is 5.75 Å². The molecule has 1 N–H and O–H groups in total. The van der Waals surface area contributed by atoms with Gasteiger partial charge in [-0.1, -0.05) is 63.2 Å². The van der Waals surface area contributed by atoms with Crippen LogP contribution >= 0.6 is 0 Å². The molecule has 2 heteroatoms. The summed E-state index contributed by atoms with van der Waals surface area (Å²) in [5.74, 6) is 1.52. The third-order valence-corrected chi connectivity index (χ3v) is 4.15. The molecule has 2 aromatic rings. The van der Waals surface area contributed by atoms with Crippen LogP contribution in [-0.4, -0.2) is 13.2 Å². The molecule has 0 spiro atoms. The highest BCUT2D eigenvalue weighted by atomic mass is 16.5. The van der Waals surface area contributed by atoms with Crippen LogP contribution < -0.4 is 10.1 Å². The van der Waals surface area contributed by atoms with E-state index in [9.17, 15) is 0 Å². The third kappa shape index (κ3) is 6.37. The van der Waals surface area contributed by atoms with Crippen molar-refractivity contribution in [2.24, 2.45) is 5.92 Å². The summed E-state index contributed by atoms with van der Waals surface area (Å²) in [6.45, 7) is 8.38. The fourth-order valence-corrected chi connectivity index (χ4v) is 2.77. The maximum Gasteiger partial charge on any atom is 0.119 e. The number of hydrogen-bond acceptors (Lipinski definition) is 2. The van der Waals surface area contributed by atoms with Gasteiger partial charge in [0.15, 0.2) is 0 Å². The zero-order chi connectivity index (χ0) is 17.2. The van der Waals surface area contributed by atoms with Crippen LogP contribution in [0.3, 0.4) is 0 Å². The van der Waals surface area contributed by atoms with E-state index in [1.165, 1.54) is 11.1 Å². The van der Waals surface area contributed by atoms with Gasteiger partial charge in [-0.05, 0) is 55.0 Å². The van der Waals surface area contributed by atoms with E-state index in [2.05, 4.69) is 80.7 Å². The summed E-state index contributed by atoms with van der Waals surface area (Å²) in [5, 5.41) is 3.68. The highest BCUT2D eigenvalue weighted by molar-refractivity contribution is 5.29. The Morgan fingerprint density at radius 3 is 2.29 bits per heavy atom. The Kier molecular flexibility index (Phi) is 7.84. The van der Waals surface area contributed by atoms with E-state index in [1.807, 2.05) is 0 Å². The van der Waals surface area contributed by atoms with Gasteiger partial charge in [0.1, 0.15) is 5.75 Å². The van der Waals surface area contributed by atoms with Crippen LogP contribution in [0.1, 0.15) is 50.8 Å². The Morgan fingerprint density at radius 2 is 1.67 bits per heavy atom. The first-order chi connectivity index (χ1) is 11.7. The van der Waals surface area contributed by atoms with Crippen LogP contribution in [0.4, 0.5) is 0 Å². The minimum absolute atomic E-state index is 0.417. The molecular weight excluding hydrogens is 294 g/mol. The molecule has 0 saturated heterocycles. The van der Waals surface area contributed by atoms with Crippen molar-refractivity contribution in [1.82, 2.24) is 5.32 Å². The second kappa shape index (κ2) is 10.1. The van der Waals surface area contributed by atoms with E-state index in [0.29, 0.717) is 12.0 Å². The fourth-order valence-electron chi connectivity index (χ4n) is 2.77. The Morgan fingerprint density at radius 1 is 0.958 bits per heavy atom. The quantitative estimate of drug-likeness (QED) is 0.591. The Bertz CT molecular complexity index is 562. The molecule has 1 atom stereocenters. The first-order valence-electron chi connectivity index (χ1n) is 9.19. The van der Waals surface area contributed by atoms with Gasteiger partial charge in [-0.25, -0.2) is 0 Å². The van der Waals surface area contributed by atoms with Gasteiger partial charge in [-0.2, -0.15) is 0 Å². The summed E-state index contributed by atoms with van der Waals surface area (Å²) in [7, 11) is 0. The number of aryl methyl sites for hydroxylation is 1. The molecule has 2 rings (SSSR count). The van der Waals surface area contributed by atoms with Crippen molar-refractivity contribution in [3.8, 4) is 5.75 Å². The molecule has 0 fully saturated rings. The number of hydrogen-bond donors (Lipinski definition) is 1. The number of ether oxygens (including phenoxy) is 1. The van der Waals surface area contributed by atoms with Gasteiger partial charge < -0.3 is 10.1 Å². The SMILES string of the molecule is CCC(NCCCc1ccccc1)c1ccc(OCC(C)C)cc1. The van der Waals surface area contributed by atoms with Crippen molar-refractivity contribution in [3.63, 3.8) is 0 Å². The van der Waals surface area contributed by atoms with E-state index in [0.717, 1.165) is 38.2 Å². The van der Waals surface area contributed by atoms with Crippen molar-refractivity contribution in [1.29, 1.82) is 0 Å². The Balaban J connectivity index is 1.78. The summed E-state index contributed by atoms with van der Waals surface area (Å²) in [6.07, 6.45) is 3.39. The largest absolute Gasteiger partial charge is 0.493 e. The molecule has 130 valence electrons. The molecule has 0 saturated carbocycles. The third-order valence-electron chi connectivity index (χ3n) is 4.15. The first-order valence-corrected chi connectivity index (χ1v) is 9.19. The lowest BCUT2D eigenvalue weighted by atomic mass is 10.0. The topological polar surface area (TPSA) is 21.3 Å². The molecule has 0 aliphatic rings. The van der Waals surface area contributed by atoms with Gasteiger partial charge in [-0.3, -0.25) is 0 Å². The molecule has 0 aromatic heterocycles. The first kappa shape index (κ1) is 18.5. The minimum Gasteiger partial charge on any atom is -0.493 e. The summed E-state index contributed by atoms with van der Waals surface area (Å²) in [6, 6.07) is 19.7. The van der Waals surface area contributed by atoms with Crippen molar-refractivity contribution in [2.75, 3.05) is 13.2 Å². The van der Waals surface area contributed by atoms with Gasteiger partial charge in [0, 0.05) is 6.04 Å². The highest BCUT2D eigenvalue weighted by Crippen LogP contribution is 2.20. The summed E-state index contributed by atoms with van der Waals surface area (Å²) < 4.78 is 5.76. The lowest BCUT2D eigenvalue weighted by Crippen LogP contribution is -2.22. The molecule has 1 unspecified atom stereocenters. The van der Waals surface area contributed by atoms with Crippen molar-refractivity contribution < 1.29 is 4.74 Å². The second-order valence-corrected chi connectivity index (χ2v) is 6.78. The van der Waals surface area contributed by atoms with Gasteiger partial charge in [-0.15, -0.1) is 0 Å². The average Bonchev–Trinajstić information content (AvgIpc) is 2.61. The molecule has 2 nitrogen and oxygen atoms in total. The van der Waals surface area contributed by atoms with Crippen LogP contribution in [-0.2, 0) is 6.42 Å². The zero-order valence-corrected chi connectivity index (χ0v) is 15.3. The monoisotopic (exact) mass is 325 g/mol. The second-order valence-electron chi connectivity index (χ2n) is 6.78. The van der Waals surface area contributed by atoms with Crippen molar-refractivity contribution >= 4 is 0 Å². The molecular formula is C22H31NO. The molecule has 0 aliphatic carbocycles. The summed E-state index contributed by atoms with van der Waals surface area (Å²) >= 11 is 0. The Labute approximate surface area is 147 Å². The number of nitrogens with one attached hydrogen (secondary N) is 1. The Hall–Kier alpha value is -1.80. The molecule has 0 radical (unpaired) electrons. The van der Waals surface area contributed by atoms with Crippen LogP contribution in [0.25, 0.3) is 0 Å².